The van der Waals surface area contributed by atoms with Gasteiger partial charge < -0.3 is 15.0 Å². The largest absolute Gasteiger partial charge is 0.466 e. The fourth-order valence-corrected chi connectivity index (χ4v) is 4.05. The maximum atomic E-state index is 12.5. The minimum atomic E-state index is -0.129. The van der Waals surface area contributed by atoms with Gasteiger partial charge in [0.15, 0.2) is 0 Å². The molecule has 2 heterocycles. The number of carbonyl (C=O) groups excluding carboxylic acids is 2. The van der Waals surface area contributed by atoms with Crippen LogP contribution in [0.2, 0.25) is 5.02 Å². The molecule has 0 bridgehead atoms. The third-order valence-corrected chi connectivity index (χ3v) is 5.89. The molecule has 0 spiro atoms. The van der Waals surface area contributed by atoms with Gasteiger partial charge in [-0.15, -0.1) is 0 Å². The van der Waals surface area contributed by atoms with Crippen LogP contribution in [-0.4, -0.2) is 60.6 Å². The van der Waals surface area contributed by atoms with Gasteiger partial charge in [-0.05, 0) is 50.3 Å². The highest BCUT2D eigenvalue weighted by atomic mass is 35.5. The van der Waals surface area contributed by atoms with Gasteiger partial charge in [0.2, 0.25) is 0 Å². The maximum absolute atomic E-state index is 12.5. The normalized spacial score (nSPS) is 19.4. The van der Waals surface area contributed by atoms with Crippen LogP contribution in [0, 0.1) is 5.92 Å². The second-order valence-corrected chi connectivity index (χ2v) is 8.08. The van der Waals surface area contributed by atoms with Gasteiger partial charge in [-0.1, -0.05) is 23.7 Å². The van der Waals surface area contributed by atoms with Crippen molar-refractivity contribution in [3.05, 3.63) is 34.9 Å². The van der Waals surface area contributed by atoms with Crippen molar-refractivity contribution in [2.75, 3.05) is 32.8 Å². The van der Waals surface area contributed by atoms with Gasteiger partial charge in [0, 0.05) is 43.8 Å². The van der Waals surface area contributed by atoms with E-state index < -0.39 is 0 Å². The van der Waals surface area contributed by atoms with Crippen LogP contribution in [0.15, 0.2) is 24.3 Å². The van der Waals surface area contributed by atoms with Crippen molar-refractivity contribution in [3.63, 3.8) is 0 Å². The van der Waals surface area contributed by atoms with Crippen molar-refractivity contribution in [3.8, 4) is 0 Å². The van der Waals surface area contributed by atoms with Gasteiger partial charge in [-0.3, -0.25) is 9.69 Å². The standard InChI is InChI=1S/C21H30ClN3O3/c1-2-28-20(26)17-7-13-25(14-8-17)21(27)23-19-9-11-24(12-10-19)15-16-3-5-18(22)6-4-16/h3-6,17,19H,2,7-15H2,1H3,(H,23,27). The number of urea groups is 1. The smallest absolute Gasteiger partial charge is 0.317 e. The number of amides is 2. The van der Waals surface area contributed by atoms with Crippen molar-refractivity contribution in [2.45, 2.75) is 45.2 Å². The molecule has 154 valence electrons. The van der Waals surface area contributed by atoms with Crippen molar-refractivity contribution < 1.29 is 14.3 Å². The average Bonchev–Trinajstić information content (AvgIpc) is 2.71. The highest BCUT2D eigenvalue weighted by Gasteiger charge is 2.29. The Labute approximate surface area is 172 Å². The van der Waals surface area contributed by atoms with Gasteiger partial charge in [0.25, 0.3) is 0 Å². The number of benzene rings is 1. The summed E-state index contributed by atoms with van der Waals surface area (Å²) in [4.78, 5) is 28.6. The van der Waals surface area contributed by atoms with E-state index in [0.717, 1.165) is 37.5 Å². The molecule has 1 N–H and O–H groups in total. The SMILES string of the molecule is CCOC(=O)C1CCN(C(=O)NC2CCN(Cc3ccc(Cl)cc3)CC2)CC1. The zero-order valence-electron chi connectivity index (χ0n) is 16.5. The molecule has 6 nitrogen and oxygen atoms in total. The third kappa shape index (κ3) is 5.85. The van der Waals surface area contributed by atoms with E-state index in [1.165, 1.54) is 5.56 Å². The van der Waals surface area contributed by atoms with Crippen molar-refractivity contribution in [1.29, 1.82) is 0 Å². The molecule has 0 unspecified atom stereocenters. The first kappa shape index (κ1) is 20.9. The lowest BCUT2D eigenvalue weighted by Gasteiger charge is -2.35. The number of hydrogen-bond donors (Lipinski definition) is 1. The van der Waals surface area contributed by atoms with Gasteiger partial charge in [0.05, 0.1) is 12.5 Å². The van der Waals surface area contributed by atoms with Crippen molar-refractivity contribution in [1.82, 2.24) is 15.1 Å². The minimum absolute atomic E-state index is 0.00143. The molecule has 0 saturated carbocycles. The van der Waals surface area contributed by atoms with E-state index in [1.807, 2.05) is 24.0 Å². The Morgan fingerprint density at radius 3 is 2.32 bits per heavy atom. The fourth-order valence-electron chi connectivity index (χ4n) is 3.93. The number of likely N-dealkylation sites (tertiary alicyclic amines) is 2. The summed E-state index contributed by atoms with van der Waals surface area (Å²) in [5, 5.41) is 3.94. The molecular weight excluding hydrogens is 378 g/mol. The predicted molar refractivity (Wildman–Crippen MR) is 109 cm³/mol. The molecule has 2 aliphatic rings. The van der Waals surface area contributed by atoms with E-state index in [-0.39, 0.29) is 24.0 Å². The van der Waals surface area contributed by atoms with Crippen LogP contribution in [0.1, 0.15) is 38.2 Å². The van der Waals surface area contributed by atoms with Gasteiger partial charge in [-0.2, -0.15) is 0 Å². The Balaban J connectivity index is 1.37. The molecule has 2 aliphatic heterocycles. The van der Waals surface area contributed by atoms with Crippen molar-refractivity contribution in [2.24, 2.45) is 5.92 Å². The number of nitrogens with one attached hydrogen (secondary N) is 1. The number of halogens is 1. The molecule has 7 heteroatoms. The lowest BCUT2D eigenvalue weighted by atomic mass is 9.97. The molecule has 2 amide bonds. The number of nitrogens with zero attached hydrogens (tertiary/aromatic N) is 2. The molecule has 0 atom stereocenters. The number of carbonyl (C=O) groups is 2. The summed E-state index contributed by atoms with van der Waals surface area (Å²) in [5.41, 5.74) is 1.26. The molecule has 0 aliphatic carbocycles. The number of piperidine rings is 2. The second kappa shape index (κ2) is 10.1. The van der Waals surface area contributed by atoms with E-state index >= 15 is 0 Å². The lowest BCUT2D eigenvalue weighted by molar-refractivity contribution is -0.149. The summed E-state index contributed by atoms with van der Waals surface area (Å²) in [6.07, 6.45) is 3.29. The number of rotatable bonds is 5. The first-order valence-corrected chi connectivity index (χ1v) is 10.6. The van der Waals surface area contributed by atoms with Crippen LogP contribution in [0.5, 0.6) is 0 Å². The molecular formula is C21H30ClN3O3. The van der Waals surface area contributed by atoms with Gasteiger partial charge >= 0.3 is 12.0 Å². The Bertz CT molecular complexity index is 651. The van der Waals surface area contributed by atoms with Crippen LogP contribution < -0.4 is 5.32 Å². The summed E-state index contributed by atoms with van der Waals surface area (Å²) in [6.45, 7) is 6.32. The number of esters is 1. The van der Waals surface area contributed by atoms with E-state index in [1.54, 1.807) is 0 Å². The zero-order chi connectivity index (χ0) is 19.9. The monoisotopic (exact) mass is 407 g/mol. The molecule has 0 radical (unpaired) electrons. The lowest BCUT2D eigenvalue weighted by Crippen LogP contribution is -2.51. The summed E-state index contributed by atoms with van der Waals surface area (Å²) in [5.74, 6) is -0.198. The Morgan fingerprint density at radius 2 is 1.71 bits per heavy atom. The Kier molecular flexibility index (Phi) is 7.57. The van der Waals surface area contributed by atoms with Crippen LogP contribution in [0.25, 0.3) is 0 Å². The number of ether oxygens (including phenoxy) is 1. The highest BCUT2D eigenvalue weighted by molar-refractivity contribution is 6.30. The maximum Gasteiger partial charge on any atom is 0.317 e. The zero-order valence-corrected chi connectivity index (χ0v) is 17.3. The van der Waals surface area contributed by atoms with Crippen LogP contribution >= 0.6 is 11.6 Å². The first-order valence-electron chi connectivity index (χ1n) is 10.2. The second-order valence-electron chi connectivity index (χ2n) is 7.64. The van der Waals surface area contributed by atoms with Gasteiger partial charge in [-0.25, -0.2) is 4.79 Å². The molecule has 1 aromatic rings. The fraction of sp³-hybridized carbons (Fsp3) is 0.619. The minimum Gasteiger partial charge on any atom is -0.466 e. The van der Waals surface area contributed by atoms with E-state index in [9.17, 15) is 9.59 Å². The van der Waals surface area contributed by atoms with E-state index in [2.05, 4.69) is 22.3 Å². The summed E-state index contributed by atoms with van der Waals surface area (Å²) >= 11 is 5.94. The van der Waals surface area contributed by atoms with Gasteiger partial charge in [0.1, 0.15) is 0 Å². The molecule has 2 fully saturated rings. The Hall–Kier alpha value is -1.79. The predicted octanol–water partition coefficient (Wildman–Crippen LogP) is 3.29. The molecule has 28 heavy (non-hydrogen) atoms. The average molecular weight is 408 g/mol. The van der Waals surface area contributed by atoms with Crippen molar-refractivity contribution >= 4 is 23.6 Å². The molecule has 3 rings (SSSR count). The number of hydrogen-bond acceptors (Lipinski definition) is 4. The Morgan fingerprint density at radius 1 is 1.07 bits per heavy atom. The van der Waals surface area contributed by atoms with Crippen LogP contribution in [0.3, 0.4) is 0 Å². The molecule has 2 saturated heterocycles. The summed E-state index contributed by atoms with van der Waals surface area (Å²) < 4.78 is 5.09. The van der Waals surface area contributed by atoms with E-state index in [4.69, 9.17) is 16.3 Å². The summed E-state index contributed by atoms with van der Waals surface area (Å²) in [7, 11) is 0. The third-order valence-electron chi connectivity index (χ3n) is 5.64. The molecule has 1 aromatic carbocycles. The topological polar surface area (TPSA) is 61.9 Å². The quantitative estimate of drug-likeness (QED) is 0.761. The van der Waals surface area contributed by atoms with Crippen LogP contribution in [-0.2, 0) is 16.1 Å². The summed E-state index contributed by atoms with van der Waals surface area (Å²) in [6, 6.07) is 8.20. The van der Waals surface area contributed by atoms with Crippen LogP contribution in [0.4, 0.5) is 4.79 Å². The highest BCUT2D eigenvalue weighted by Crippen LogP contribution is 2.20. The first-order chi connectivity index (χ1) is 13.5. The molecule has 0 aromatic heterocycles. The van der Waals surface area contributed by atoms with E-state index in [0.29, 0.717) is 32.5 Å².